The number of phenols is 2. The second-order valence-corrected chi connectivity index (χ2v) is 26.5. The molecule has 0 aliphatic carbocycles. The Bertz CT molecular complexity index is 3720. The van der Waals surface area contributed by atoms with Crippen molar-refractivity contribution in [2.24, 2.45) is 20.5 Å². The molecule has 0 aliphatic heterocycles. The molecule has 6 aromatic rings. The molecule has 0 saturated heterocycles. The Kier molecular flexibility index (Phi) is 40.1. The molecule has 6 rings (SSSR count). The van der Waals surface area contributed by atoms with Crippen molar-refractivity contribution in [3.63, 3.8) is 0 Å². The molecule has 0 unspecified atom stereocenters. The summed E-state index contributed by atoms with van der Waals surface area (Å²) in [7, 11) is -19.2. The summed E-state index contributed by atoms with van der Waals surface area (Å²) in [5.74, 6) is -1.46. The minimum atomic E-state index is -5.06. The van der Waals surface area contributed by atoms with Gasteiger partial charge < -0.3 is 82.1 Å². The highest BCUT2D eigenvalue weighted by molar-refractivity contribution is 7.86. The first-order valence-electron chi connectivity index (χ1n) is 30.0. The summed E-state index contributed by atoms with van der Waals surface area (Å²) < 4.78 is 134. The summed E-state index contributed by atoms with van der Waals surface area (Å²) in [6.45, 7) is 9.87. The largest absolute Gasteiger partial charge is 0.505 e. The molecule has 0 atom stereocenters. The van der Waals surface area contributed by atoms with E-state index in [2.05, 4.69) is 31.1 Å². The molecule has 560 valence electrons. The molecule has 2 amide bonds. The van der Waals surface area contributed by atoms with Crippen molar-refractivity contribution >= 4 is 102 Å². The molecule has 41 heteroatoms. The molecule has 0 bridgehead atoms. The molecule has 0 fully saturated rings. The molecule has 0 aliphatic rings. The number of anilines is 2. The van der Waals surface area contributed by atoms with E-state index in [9.17, 15) is 66.9 Å². The van der Waals surface area contributed by atoms with Gasteiger partial charge in [0.1, 0.15) is 21.2 Å². The Hall–Kier alpha value is -7.09. The number of urea groups is 1. The van der Waals surface area contributed by atoms with Crippen molar-refractivity contribution in [1.29, 1.82) is 0 Å². The fraction of sp³-hybridized carbons (Fsp3) is 0.441. The number of aliphatic hydroxyl groups excluding tert-OH is 12. The van der Waals surface area contributed by atoms with Crippen LogP contribution in [0.1, 0.15) is 11.1 Å². The average Bonchev–Trinajstić information content (AvgIpc) is 0.773. The number of carbonyl (C=O) groups excluding carboxylic acids is 1. The number of hydrogen-bond donors (Lipinski definition) is 20. The van der Waals surface area contributed by atoms with Gasteiger partial charge in [-0.1, -0.05) is 0 Å². The number of hydrogen-bond acceptors (Lipinski definition) is 31. The van der Waals surface area contributed by atoms with Gasteiger partial charge in [0.2, 0.25) is 0 Å². The van der Waals surface area contributed by atoms with E-state index in [1.54, 1.807) is 19.6 Å². The van der Waals surface area contributed by atoms with Crippen LogP contribution in [-0.4, -0.2) is 307 Å². The van der Waals surface area contributed by atoms with Crippen molar-refractivity contribution in [3.05, 3.63) is 96.1 Å². The molecule has 0 aromatic heterocycles. The van der Waals surface area contributed by atoms with E-state index < -0.39 is 89.0 Å². The number of aryl methyl sites for hydroxylation is 2. The number of aromatic hydroxyl groups is 2. The molecule has 37 nitrogen and oxygen atoms in total. The van der Waals surface area contributed by atoms with Gasteiger partial charge in [-0.25, -0.2) is 4.79 Å². The van der Waals surface area contributed by atoms with Crippen LogP contribution in [0.5, 0.6) is 11.5 Å². The Morgan fingerprint density at radius 2 is 0.600 bits per heavy atom. The molecule has 0 spiro atoms. The summed E-state index contributed by atoms with van der Waals surface area (Å²) in [6, 6.07) is 15.3. The van der Waals surface area contributed by atoms with E-state index in [4.69, 9.17) is 61.3 Å². The van der Waals surface area contributed by atoms with E-state index in [-0.39, 0.29) is 135 Å². The number of amides is 2. The minimum absolute atomic E-state index is 0.00252. The van der Waals surface area contributed by atoms with Gasteiger partial charge >= 0.3 is 6.03 Å². The standard InChI is InChI=1S/C35H28N6O15S4.4C6H15NO3/c1-17-11-23(57(45,46)47)5-9-27(17)38-40-31-29(59(51,52)53)15-19-13-21(3-7-25(19)33(31)42)36-35(44)37-22-4-8-26-20(14-22)16-30(60(54,55)56)32(34(26)43)41-39-28-10-6-24(12-18(28)2)58(48,49)50;4*8-4-1-7(2-5-9)3-6-10/h3-16,42-43H,1-2H3,(H2,36,37,44)(H,45,46,47)(H,48,49,50)(H,51,52,53)(H,54,55,56);4*8-10H,1-6H2. The van der Waals surface area contributed by atoms with Crippen LogP contribution in [0.25, 0.3) is 21.5 Å². The van der Waals surface area contributed by atoms with Crippen LogP contribution in [0.3, 0.4) is 0 Å². The van der Waals surface area contributed by atoms with Gasteiger partial charge in [0, 0.05) is 101 Å². The van der Waals surface area contributed by atoms with Crippen molar-refractivity contribution in [1.82, 2.24) is 19.6 Å². The smallest absolute Gasteiger partial charge is 0.323 e. The molecule has 20 N–H and O–H groups in total. The first kappa shape index (κ1) is 89.0. The van der Waals surface area contributed by atoms with Gasteiger partial charge in [-0.05, 0) is 121 Å². The number of phenolic OH excluding ortho intramolecular Hbond substituents is 2. The number of nitrogens with zero attached hydrogens (tertiary/aromatic N) is 8. The molecular formula is C59H88N10O27S4. The maximum atomic E-state index is 13.1. The Morgan fingerprint density at radius 3 is 0.810 bits per heavy atom. The van der Waals surface area contributed by atoms with Crippen molar-refractivity contribution in [2.75, 3.05) is 168 Å². The molecule has 100 heavy (non-hydrogen) atoms. The van der Waals surface area contributed by atoms with Crippen LogP contribution in [-0.2, 0) is 40.5 Å². The van der Waals surface area contributed by atoms with E-state index in [0.29, 0.717) is 78.5 Å². The lowest BCUT2D eigenvalue weighted by Crippen LogP contribution is -2.32. The third-order valence-corrected chi connectivity index (χ3v) is 17.0. The zero-order valence-electron chi connectivity index (χ0n) is 54.5. The number of benzene rings is 6. The van der Waals surface area contributed by atoms with Gasteiger partial charge in [0.25, 0.3) is 40.5 Å². The van der Waals surface area contributed by atoms with Crippen LogP contribution in [0.2, 0.25) is 0 Å². The predicted octanol–water partition coefficient (Wildman–Crippen LogP) is 0.544. The van der Waals surface area contributed by atoms with Gasteiger partial charge in [-0.15, -0.1) is 10.2 Å². The van der Waals surface area contributed by atoms with Crippen molar-refractivity contribution in [3.8, 4) is 11.5 Å². The first-order chi connectivity index (χ1) is 47.2. The summed E-state index contributed by atoms with van der Waals surface area (Å²) in [5.41, 5.74) is -0.760. The fourth-order valence-corrected chi connectivity index (χ4v) is 11.2. The zero-order valence-corrected chi connectivity index (χ0v) is 57.8. The van der Waals surface area contributed by atoms with E-state index in [1.807, 2.05) is 0 Å². The van der Waals surface area contributed by atoms with Gasteiger partial charge in [-0.3, -0.25) is 37.8 Å². The minimum Gasteiger partial charge on any atom is -0.505 e. The fourth-order valence-electron chi connectivity index (χ4n) is 8.79. The number of azo groups is 2. The molecule has 6 aromatic carbocycles. The van der Waals surface area contributed by atoms with Crippen molar-refractivity contribution in [2.45, 2.75) is 33.4 Å². The summed E-state index contributed by atoms with van der Waals surface area (Å²) in [4.78, 5) is 17.6. The highest BCUT2D eigenvalue weighted by atomic mass is 32.2. The van der Waals surface area contributed by atoms with Crippen molar-refractivity contribution < 1.29 is 128 Å². The second kappa shape index (κ2) is 45.0. The topological polar surface area (TPSA) is 604 Å². The van der Waals surface area contributed by atoms with E-state index in [1.165, 1.54) is 62.4 Å². The predicted molar refractivity (Wildman–Crippen MR) is 365 cm³/mol. The number of fused-ring (bicyclic) bond motifs is 2. The third-order valence-electron chi connectivity index (χ3n) is 13.6. The van der Waals surface area contributed by atoms with Crippen LogP contribution in [0.4, 0.5) is 38.9 Å². The lowest BCUT2D eigenvalue weighted by Gasteiger charge is -2.17. The number of rotatable bonds is 34. The second-order valence-electron chi connectivity index (χ2n) is 20.8. The van der Waals surface area contributed by atoms with Gasteiger partial charge in [-0.2, -0.15) is 43.9 Å². The summed E-state index contributed by atoms with van der Waals surface area (Å²) in [5, 5.41) is 144. The number of nitrogens with one attached hydrogen (secondary N) is 2. The monoisotopic (exact) mass is 1500 g/mol. The van der Waals surface area contributed by atoms with E-state index in [0.717, 1.165) is 36.4 Å². The van der Waals surface area contributed by atoms with Crippen LogP contribution >= 0.6 is 0 Å². The van der Waals surface area contributed by atoms with E-state index >= 15 is 0 Å². The van der Waals surface area contributed by atoms with Gasteiger partial charge in [0.05, 0.1) is 100 Å². The Balaban J connectivity index is 0.000000682. The highest BCUT2D eigenvalue weighted by Gasteiger charge is 2.25. The Labute approximate surface area is 577 Å². The quantitative estimate of drug-likeness (QED) is 0.0194. The maximum absolute atomic E-state index is 13.1. The van der Waals surface area contributed by atoms with Gasteiger partial charge in [0.15, 0.2) is 11.5 Å². The summed E-state index contributed by atoms with van der Waals surface area (Å²) in [6.07, 6.45) is 0. The lowest BCUT2D eigenvalue weighted by molar-refractivity contribution is 0.136. The molecule has 0 saturated carbocycles. The maximum Gasteiger partial charge on any atom is 0.323 e. The SMILES string of the molecule is Cc1cc(S(=O)(=O)O)ccc1N=Nc1c(S(=O)(=O)O)cc2cc(NC(=O)Nc3ccc4c(O)c(N=Nc5ccc(S(=O)(=O)O)cc5C)c(S(=O)(=O)O)cc4c3)ccc2c1O.OCCN(CCO)CCO.OCCN(CCO)CCO.OCCN(CCO)CCO.OCCN(CCO)CCO. The Morgan fingerprint density at radius 1 is 0.350 bits per heavy atom. The number of carbonyl (C=O) groups is 1. The first-order valence-corrected chi connectivity index (χ1v) is 35.8. The van der Waals surface area contributed by atoms with Crippen LogP contribution in [0.15, 0.2) is 125 Å². The average molecular weight is 1500 g/mol. The van der Waals surface area contributed by atoms with Crippen LogP contribution < -0.4 is 10.6 Å². The molecule has 0 radical (unpaired) electrons. The zero-order chi connectivity index (χ0) is 75.4. The molecular weight excluding hydrogens is 1410 g/mol. The highest BCUT2D eigenvalue weighted by Crippen LogP contribution is 2.44. The van der Waals surface area contributed by atoms with Crippen LogP contribution in [0, 0.1) is 13.8 Å². The summed E-state index contributed by atoms with van der Waals surface area (Å²) >= 11 is 0. The lowest BCUT2D eigenvalue weighted by atomic mass is 10.1. The third kappa shape index (κ3) is 30.6. The number of aliphatic hydroxyl groups is 12. The normalized spacial score (nSPS) is 12.0. The molecule has 0 heterocycles.